The SMILES string of the molecule is O=[N+]([O-])c1ccc(CN2CCC=C(c3nn[nH]n3)C2)cc1. The third kappa shape index (κ3) is 3.11. The van der Waals surface area contributed by atoms with E-state index in [1.165, 1.54) is 12.1 Å². The van der Waals surface area contributed by atoms with Crippen molar-refractivity contribution in [1.29, 1.82) is 0 Å². The second-order valence-electron chi connectivity index (χ2n) is 4.89. The van der Waals surface area contributed by atoms with Crippen LogP contribution in [0.5, 0.6) is 0 Å². The molecule has 0 spiro atoms. The molecule has 2 aromatic rings. The van der Waals surface area contributed by atoms with Crippen LogP contribution in [0.3, 0.4) is 0 Å². The number of hydrogen-bond donors (Lipinski definition) is 1. The summed E-state index contributed by atoms with van der Waals surface area (Å²) in [6, 6.07) is 6.67. The van der Waals surface area contributed by atoms with E-state index in [1.54, 1.807) is 12.1 Å². The molecular weight excluding hydrogens is 272 g/mol. The third-order valence-electron chi connectivity index (χ3n) is 3.42. The van der Waals surface area contributed by atoms with Gasteiger partial charge in [0.1, 0.15) is 0 Å². The number of aromatic amines is 1. The maximum Gasteiger partial charge on any atom is 0.269 e. The van der Waals surface area contributed by atoms with Gasteiger partial charge < -0.3 is 0 Å². The van der Waals surface area contributed by atoms with E-state index in [4.69, 9.17) is 0 Å². The average Bonchev–Trinajstić information content (AvgIpc) is 3.02. The molecule has 0 amide bonds. The van der Waals surface area contributed by atoms with E-state index in [2.05, 4.69) is 31.6 Å². The summed E-state index contributed by atoms with van der Waals surface area (Å²) in [6.45, 7) is 2.43. The number of nitro groups is 1. The molecule has 0 fully saturated rings. The van der Waals surface area contributed by atoms with Crippen molar-refractivity contribution in [3.63, 3.8) is 0 Å². The molecule has 8 heteroatoms. The molecule has 0 radical (unpaired) electrons. The lowest BCUT2D eigenvalue weighted by Gasteiger charge is -2.26. The first-order valence-corrected chi connectivity index (χ1v) is 6.61. The maximum absolute atomic E-state index is 10.6. The summed E-state index contributed by atoms with van der Waals surface area (Å²) in [5, 5.41) is 24.7. The Morgan fingerprint density at radius 3 is 2.81 bits per heavy atom. The predicted molar refractivity (Wildman–Crippen MR) is 75.1 cm³/mol. The molecule has 1 aromatic heterocycles. The van der Waals surface area contributed by atoms with Crippen molar-refractivity contribution in [1.82, 2.24) is 25.5 Å². The number of tetrazole rings is 1. The zero-order valence-electron chi connectivity index (χ0n) is 11.3. The molecule has 0 saturated carbocycles. The first kappa shape index (κ1) is 13.4. The predicted octanol–water partition coefficient (Wildman–Crippen LogP) is 1.40. The van der Waals surface area contributed by atoms with Crippen LogP contribution in [0.15, 0.2) is 30.3 Å². The molecule has 21 heavy (non-hydrogen) atoms. The summed E-state index contributed by atoms with van der Waals surface area (Å²) in [4.78, 5) is 12.5. The van der Waals surface area contributed by atoms with Gasteiger partial charge in [0, 0.05) is 37.3 Å². The van der Waals surface area contributed by atoms with E-state index in [-0.39, 0.29) is 10.6 Å². The Kier molecular flexibility index (Phi) is 3.69. The van der Waals surface area contributed by atoms with Crippen LogP contribution in [0, 0.1) is 10.1 Å². The molecule has 3 rings (SSSR count). The Morgan fingerprint density at radius 1 is 1.33 bits per heavy atom. The van der Waals surface area contributed by atoms with Crippen LogP contribution in [0.1, 0.15) is 17.8 Å². The van der Waals surface area contributed by atoms with Crippen molar-refractivity contribution in [2.24, 2.45) is 0 Å². The molecule has 2 heterocycles. The monoisotopic (exact) mass is 286 g/mol. The summed E-state index contributed by atoms with van der Waals surface area (Å²) in [5.74, 6) is 0.628. The van der Waals surface area contributed by atoms with Gasteiger partial charge in [-0.05, 0) is 17.2 Å². The summed E-state index contributed by atoms with van der Waals surface area (Å²) < 4.78 is 0. The largest absolute Gasteiger partial charge is 0.294 e. The fraction of sp³-hybridized carbons (Fsp3) is 0.308. The number of rotatable bonds is 4. The van der Waals surface area contributed by atoms with Crippen LogP contribution < -0.4 is 0 Å². The Balaban J connectivity index is 1.66. The number of H-pyrrole nitrogens is 1. The third-order valence-corrected chi connectivity index (χ3v) is 3.42. The Hall–Kier alpha value is -2.61. The second-order valence-corrected chi connectivity index (χ2v) is 4.89. The Morgan fingerprint density at radius 2 is 2.14 bits per heavy atom. The molecule has 0 bridgehead atoms. The Labute approximate surface area is 120 Å². The van der Waals surface area contributed by atoms with Crippen molar-refractivity contribution < 1.29 is 4.92 Å². The van der Waals surface area contributed by atoms with Crippen molar-refractivity contribution in [3.05, 3.63) is 51.8 Å². The van der Waals surface area contributed by atoms with Crippen molar-refractivity contribution in [2.45, 2.75) is 13.0 Å². The number of nitro benzene ring substituents is 1. The standard InChI is InChI=1S/C13H14N6O2/c20-19(21)12-5-3-10(4-6-12)8-18-7-1-2-11(9-18)13-14-16-17-15-13/h2-6H,1,7-9H2,(H,14,15,16,17). The van der Waals surface area contributed by atoms with Crippen LogP contribution in [-0.2, 0) is 6.54 Å². The lowest BCUT2D eigenvalue weighted by Crippen LogP contribution is -2.29. The molecule has 1 aliphatic heterocycles. The summed E-state index contributed by atoms with van der Waals surface area (Å²) in [5.41, 5.74) is 2.22. The average molecular weight is 286 g/mol. The van der Waals surface area contributed by atoms with Gasteiger partial charge in [0.05, 0.1) is 4.92 Å². The Bertz CT molecular complexity index is 650. The second kappa shape index (κ2) is 5.80. The van der Waals surface area contributed by atoms with Crippen molar-refractivity contribution >= 4 is 11.3 Å². The normalized spacial score (nSPS) is 15.7. The van der Waals surface area contributed by atoms with Gasteiger partial charge in [-0.3, -0.25) is 15.0 Å². The molecule has 0 saturated heterocycles. The first-order valence-electron chi connectivity index (χ1n) is 6.61. The quantitative estimate of drug-likeness (QED) is 0.673. The molecule has 8 nitrogen and oxygen atoms in total. The highest BCUT2D eigenvalue weighted by Crippen LogP contribution is 2.19. The number of benzene rings is 1. The molecule has 108 valence electrons. The van der Waals surface area contributed by atoms with Gasteiger partial charge in [0.15, 0.2) is 0 Å². The van der Waals surface area contributed by atoms with E-state index >= 15 is 0 Å². The summed E-state index contributed by atoms with van der Waals surface area (Å²) in [7, 11) is 0. The van der Waals surface area contributed by atoms with Gasteiger partial charge in [-0.15, -0.1) is 10.2 Å². The molecular formula is C13H14N6O2. The number of aromatic nitrogens is 4. The van der Waals surface area contributed by atoms with E-state index in [1.807, 2.05) is 0 Å². The minimum atomic E-state index is -0.387. The van der Waals surface area contributed by atoms with Crippen LogP contribution in [-0.4, -0.2) is 43.5 Å². The smallest absolute Gasteiger partial charge is 0.269 e. The number of non-ortho nitro benzene ring substituents is 1. The van der Waals surface area contributed by atoms with Crippen LogP contribution >= 0.6 is 0 Å². The van der Waals surface area contributed by atoms with Gasteiger partial charge >= 0.3 is 0 Å². The summed E-state index contributed by atoms with van der Waals surface area (Å²) >= 11 is 0. The van der Waals surface area contributed by atoms with Crippen LogP contribution in [0.2, 0.25) is 0 Å². The van der Waals surface area contributed by atoms with Gasteiger partial charge in [-0.2, -0.15) is 5.21 Å². The van der Waals surface area contributed by atoms with Gasteiger partial charge in [0.2, 0.25) is 5.82 Å². The molecule has 1 aromatic carbocycles. The van der Waals surface area contributed by atoms with Gasteiger partial charge in [0.25, 0.3) is 5.69 Å². The fourth-order valence-corrected chi connectivity index (χ4v) is 2.38. The van der Waals surface area contributed by atoms with Gasteiger partial charge in [-0.25, -0.2) is 0 Å². The lowest BCUT2D eigenvalue weighted by molar-refractivity contribution is -0.384. The highest BCUT2D eigenvalue weighted by molar-refractivity contribution is 5.61. The van der Waals surface area contributed by atoms with E-state index in [0.29, 0.717) is 5.82 Å². The van der Waals surface area contributed by atoms with E-state index in [9.17, 15) is 10.1 Å². The number of nitrogens with zero attached hydrogens (tertiary/aromatic N) is 5. The number of hydrogen-bond acceptors (Lipinski definition) is 6. The summed E-state index contributed by atoms with van der Waals surface area (Å²) in [6.07, 6.45) is 3.05. The zero-order valence-corrected chi connectivity index (χ0v) is 11.3. The first-order chi connectivity index (χ1) is 10.2. The van der Waals surface area contributed by atoms with E-state index < -0.39 is 0 Å². The topological polar surface area (TPSA) is 101 Å². The molecule has 0 aliphatic carbocycles. The van der Waals surface area contributed by atoms with Gasteiger partial charge in [-0.1, -0.05) is 18.2 Å². The molecule has 0 atom stereocenters. The molecule has 1 N–H and O–H groups in total. The zero-order chi connectivity index (χ0) is 14.7. The maximum atomic E-state index is 10.6. The van der Waals surface area contributed by atoms with Crippen molar-refractivity contribution in [2.75, 3.05) is 13.1 Å². The highest BCUT2D eigenvalue weighted by Gasteiger charge is 2.17. The molecule has 1 aliphatic rings. The minimum Gasteiger partial charge on any atom is -0.294 e. The van der Waals surface area contributed by atoms with Crippen LogP contribution in [0.4, 0.5) is 5.69 Å². The molecule has 0 unspecified atom stereocenters. The fourth-order valence-electron chi connectivity index (χ4n) is 2.38. The number of nitrogens with one attached hydrogen (secondary N) is 1. The minimum absolute atomic E-state index is 0.116. The highest BCUT2D eigenvalue weighted by atomic mass is 16.6. The van der Waals surface area contributed by atoms with Crippen LogP contribution in [0.25, 0.3) is 5.57 Å². The van der Waals surface area contributed by atoms with E-state index in [0.717, 1.165) is 37.2 Å². The van der Waals surface area contributed by atoms with Crippen molar-refractivity contribution in [3.8, 4) is 0 Å². The lowest BCUT2D eigenvalue weighted by atomic mass is 10.1.